The van der Waals surface area contributed by atoms with Crippen molar-refractivity contribution in [3.63, 3.8) is 0 Å². The van der Waals surface area contributed by atoms with E-state index in [1.54, 1.807) is 0 Å². The zero-order valence-electron chi connectivity index (χ0n) is 21.7. The van der Waals surface area contributed by atoms with E-state index in [0.717, 1.165) is 25.7 Å². The summed E-state index contributed by atoms with van der Waals surface area (Å²) in [5.74, 6) is -0.284. The van der Waals surface area contributed by atoms with E-state index in [2.05, 4.69) is 65.1 Å². The molecule has 0 aromatic heterocycles. The lowest BCUT2D eigenvalue weighted by molar-refractivity contribution is -0.124. The number of unbranched alkanes of at least 4 members (excludes halogenated alkanes) is 2. The summed E-state index contributed by atoms with van der Waals surface area (Å²) in [7, 11) is -2.03. The molecule has 1 aromatic rings. The molecule has 33 heavy (non-hydrogen) atoms. The Morgan fingerprint density at radius 1 is 1.18 bits per heavy atom. The van der Waals surface area contributed by atoms with Crippen LogP contribution in [-0.4, -0.2) is 38.0 Å². The number of Topliss-reactive ketones (excluding diaryl/α,β-unsaturated/α-hetero) is 1. The molecule has 0 spiro atoms. The highest BCUT2D eigenvalue weighted by atomic mass is 28.4. The first-order valence-electron chi connectivity index (χ1n) is 12.7. The number of carbonyl (C=O) groups excluding carboxylic acids is 1. The van der Waals surface area contributed by atoms with E-state index in [0.29, 0.717) is 26.1 Å². The fraction of sp³-hybridized carbons (Fsp3) is 0.679. The highest BCUT2D eigenvalue weighted by Gasteiger charge is 2.49. The molecule has 1 unspecified atom stereocenters. The SMILES string of the molecule is CCCCCC(O)[C@H]1C(=O)C[C@@H](O[Si](C)(C)C(C)(C)C)[C@@H]1/C=C/CCOCc1ccccc1. The fourth-order valence-electron chi connectivity index (χ4n) is 4.26. The van der Waals surface area contributed by atoms with Gasteiger partial charge in [0.1, 0.15) is 5.78 Å². The maximum absolute atomic E-state index is 13.0. The average Bonchev–Trinajstić information content (AvgIpc) is 3.04. The van der Waals surface area contributed by atoms with Crippen molar-refractivity contribution in [2.75, 3.05) is 6.61 Å². The van der Waals surface area contributed by atoms with Gasteiger partial charge in [0, 0.05) is 12.3 Å². The number of benzene rings is 1. The van der Waals surface area contributed by atoms with Gasteiger partial charge < -0.3 is 14.3 Å². The van der Waals surface area contributed by atoms with Crippen molar-refractivity contribution in [1.82, 2.24) is 0 Å². The molecule has 1 aliphatic rings. The Bertz CT molecular complexity index is 738. The predicted molar refractivity (Wildman–Crippen MR) is 139 cm³/mol. The molecule has 4 atom stereocenters. The lowest BCUT2D eigenvalue weighted by Crippen LogP contribution is -2.45. The molecular formula is C28H46O4Si. The van der Waals surface area contributed by atoms with Crippen molar-refractivity contribution in [2.45, 2.75) is 103 Å². The van der Waals surface area contributed by atoms with Gasteiger partial charge in [0.05, 0.1) is 31.3 Å². The van der Waals surface area contributed by atoms with E-state index < -0.39 is 14.4 Å². The molecule has 0 bridgehead atoms. The van der Waals surface area contributed by atoms with Crippen molar-refractivity contribution in [2.24, 2.45) is 11.8 Å². The van der Waals surface area contributed by atoms with Gasteiger partial charge in [-0.25, -0.2) is 0 Å². The second-order valence-electron chi connectivity index (χ2n) is 11.0. The van der Waals surface area contributed by atoms with Crippen LogP contribution in [0.15, 0.2) is 42.5 Å². The molecular weight excluding hydrogens is 428 g/mol. The van der Waals surface area contributed by atoms with Gasteiger partial charge >= 0.3 is 0 Å². The summed E-state index contributed by atoms with van der Waals surface area (Å²) in [5.41, 5.74) is 1.17. The zero-order chi connectivity index (χ0) is 24.5. The summed E-state index contributed by atoms with van der Waals surface area (Å²) >= 11 is 0. The van der Waals surface area contributed by atoms with Crippen LogP contribution in [0.25, 0.3) is 0 Å². The third-order valence-corrected chi connectivity index (χ3v) is 11.8. The summed E-state index contributed by atoms with van der Waals surface area (Å²) in [5, 5.41) is 11.0. The van der Waals surface area contributed by atoms with E-state index >= 15 is 0 Å². The molecule has 4 nitrogen and oxygen atoms in total. The van der Waals surface area contributed by atoms with E-state index in [4.69, 9.17) is 9.16 Å². The molecule has 186 valence electrons. The number of rotatable bonds is 13. The lowest BCUT2D eigenvalue weighted by Gasteiger charge is -2.40. The largest absolute Gasteiger partial charge is 0.413 e. The van der Waals surface area contributed by atoms with Gasteiger partial charge in [-0.1, -0.05) is 89.4 Å². The van der Waals surface area contributed by atoms with Gasteiger partial charge in [0.2, 0.25) is 0 Å². The number of aliphatic hydroxyl groups is 1. The molecule has 1 saturated carbocycles. The van der Waals surface area contributed by atoms with Crippen molar-refractivity contribution >= 4 is 14.1 Å². The maximum Gasteiger partial charge on any atom is 0.192 e. The minimum atomic E-state index is -2.03. The van der Waals surface area contributed by atoms with Crippen LogP contribution < -0.4 is 0 Å². The number of hydrogen-bond donors (Lipinski definition) is 1. The van der Waals surface area contributed by atoms with Crippen LogP contribution >= 0.6 is 0 Å². The van der Waals surface area contributed by atoms with Gasteiger partial charge in [-0.05, 0) is 36.5 Å². The van der Waals surface area contributed by atoms with Crippen LogP contribution in [0, 0.1) is 11.8 Å². The molecule has 0 radical (unpaired) electrons. The van der Waals surface area contributed by atoms with Crippen LogP contribution in [0.4, 0.5) is 0 Å². The van der Waals surface area contributed by atoms with Crippen molar-refractivity contribution in [3.05, 3.63) is 48.0 Å². The highest BCUT2D eigenvalue weighted by Crippen LogP contribution is 2.43. The molecule has 2 rings (SSSR count). The zero-order valence-corrected chi connectivity index (χ0v) is 22.7. The highest BCUT2D eigenvalue weighted by molar-refractivity contribution is 6.74. The molecule has 5 heteroatoms. The molecule has 0 heterocycles. The van der Waals surface area contributed by atoms with Crippen molar-refractivity contribution in [1.29, 1.82) is 0 Å². The number of ketones is 1. The van der Waals surface area contributed by atoms with Gasteiger partial charge in [-0.2, -0.15) is 0 Å². The minimum Gasteiger partial charge on any atom is -0.413 e. The second-order valence-corrected chi connectivity index (χ2v) is 15.8. The van der Waals surface area contributed by atoms with E-state index in [9.17, 15) is 9.90 Å². The van der Waals surface area contributed by atoms with Crippen LogP contribution in [0.3, 0.4) is 0 Å². The monoisotopic (exact) mass is 474 g/mol. The Morgan fingerprint density at radius 2 is 1.88 bits per heavy atom. The Morgan fingerprint density at radius 3 is 2.52 bits per heavy atom. The standard InChI is InChI=1S/C28H46O4Si/c1-7-8-10-18-24(29)27-23(17-13-14-19-31-21-22-15-11-9-12-16-22)26(20-25(27)30)32-33(5,6)28(2,3)4/h9,11-13,15-17,23-24,26-27,29H,7-8,10,14,18-21H2,1-6H3/b17-13+/t23-,24?,26+,27-/m0/s1. The first-order valence-corrected chi connectivity index (χ1v) is 15.6. The smallest absolute Gasteiger partial charge is 0.192 e. The number of aliphatic hydroxyl groups excluding tert-OH is 1. The third kappa shape index (κ3) is 8.47. The Labute approximate surface area is 202 Å². The number of hydrogen-bond acceptors (Lipinski definition) is 4. The van der Waals surface area contributed by atoms with Crippen LogP contribution in [0.2, 0.25) is 18.1 Å². The molecule has 1 N–H and O–H groups in total. The number of carbonyl (C=O) groups is 1. The summed E-state index contributed by atoms with van der Waals surface area (Å²) < 4.78 is 12.5. The van der Waals surface area contributed by atoms with Crippen LogP contribution in [0.1, 0.15) is 71.8 Å². The van der Waals surface area contributed by atoms with Crippen molar-refractivity contribution in [3.8, 4) is 0 Å². The summed E-state index contributed by atoms with van der Waals surface area (Å²) in [4.78, 5) is 13.0. The molecule has 0 amide bonds. The quantitative estimate of drug-likeness (QED) is 0.197. The average molecular weight is 475 g/mol. The van der Waals surface area contributed by atoms with E-state index in [1.807, 2.05) is 18.2 Å². The Kier molecular flexibility index (Phi) is 11.0. The van der Waals surface area contributed by atoms with Crippen LogP contribution in [-0.2, 0) is 20.6 Å². The minimum absolute atomic E-state index is 0.0719. The molecule has 0 aliphatic heterocycles. The number of ether oxygens (including phenoxy) is 1. The summed E-state index contributed by atoms with van der Waals surface area (Å²) in [6.07, 6.45) is 8.51. The Balaban J connectivity index is 2.03. The Hall–Kier alpha value is -1.27. The topological polar surface area (TPSA) is 55.8 Å². The predicted octanol–water partition coefficient (Wildman–Crippen LogP) is 6.69. The summed E-state index contributed by atoms with van der Waals surface area (Å²) in [6, 6.07) is 10.2. The van der Waals surface area contributed by atoms with Gasteiger partial charge in [-0.15, -0.1) is 0 Å². The second kappa shape index (κ2) is 13.0. The molecule has 1 aromatic carbocycles. The lowest BCUT2D eigenvalue weighted by atomic mass is 9.86. The normalized spacial score (nSPS) is 22.9. The summed E-state index contributed by atoms with van der Waals surface area (Å²) in [6.45, 7) is 14.5. The molecule has 1 aliphatic carbocycles. The van der Waals surface area contributed by atoms with E-state index in [1.165, 1.54) is 5.56 Å². The molecule has 1 fully saturated rings. The van der Waals surface area contributed by atoms with Gasteiger partial charge in [0.15, 0.2) is 8.32 Å². The maximum atomic E-state index is 13.0. The van der Waals surface area contributed by atoms with Gasteiger partial charge in [-0.3, -0.25) is 4.79 Å². The van der Waals surface area contributed by atoms with Crippen molar-refractivity contribution < 1.29 is 19.1 Å². The van der Waals surface area contributed by atoms with E-state index in [-0.39, 0.29) is 28.8 Å². The molecule has 0 saturated heterocycles. The first-order chi connectivity index (χ1) is 15.6. The fourth-order valence-corrected chi connectivity index (χ4v) is 5.61. The third-order valence-electron chi connectivity index (χ3n) is 7.29. The van der Waals surface area contributed by atoms with Gasteiger partial charge in [0.25, 0.3) is 0 Å². The van der Waals surface area contributed by atoms with Crippen LogP contribution in [0.5, 0.6) is 0 Å². The first kappa shape index (κ1) is 28.0.